The summed E-state index contributed by atoms with van der Waals surface area (Å²) in [5.41, 5.74) is 5.12. The molecule has 1 aliphatic heterocycles. The Morgan fingerprint density at radius 3 is 2.72 bits per heavy atom. The Labute approximate surface area is 139 Å². The number of hydrogen-bond acceptors (Lipinski definition) is 11. The van der Waals surface area contributed by atoms with Crippen LogP contribution in [0.4, 0.5) is 5.95 Å². The van der Waals surface area contributed by atoms with Crippen LogP contribution in [-0.4, -0.2) is 77.7 Å². The lowest BCUT2D eigenvalue weighted by atomic mass is 9.99. The first-order chi connectivity index (χ1) is 11.9. The molecule has 0 bridgehead atoms. The fraction of sp³-hybridized carbons (Fsp3) is 0.538. The minimum Gasteiger partial charge on any atom is -0.394 e. The molecule has 7 N–H and O–H groups in total. The molecule has 2 aromatic heterocycles. The third kappa shape index (κ3) is 3.44. The molecule has 0 unspecified atom stereocenters. The van der Waals surface area contributed by atoms with Gasteiger partial charge in [-0.05, 0) is 0 Å². The van der Waals surface area contributed by atoms with Crippen LogP contribution in [0.25, 0.3) is 11.2 Å². The van der Waals surface area contributed by atoms with Gasteiger partial charge in [0.05, 0.1) is 25.1 Å². The van der Waals surface area contributed by atoms with Gasteiger partial charge in [0.2, 0.25) is 5.95 Å². The van der Waals surface area contributed by atoms with Crippen molar-refractivity contribution in [2.24, 2.45) is 0 Å². The van der Waals surface area contributed by atoms with Crippen LogP contribution in [0.15, 0.2) is 11.0 Å². The first-order valence-corrected chi connectivity index (χ1v) is 7.34. The number of hydrogen-bond donors (Lipinski definition) is 6. The molecular weight excluding hydrogens is 338 g/mol. The van der Waals surface area contributed by atoms with E-state index in [9.17, 15) is 20.1 Å². The first kappa shape index (κ1) is 17.6. The average Bonchev–Trinajstić information content (AvgIpc) is 2.59. The highest BCUT2D eigenvalue weighted by molar-refractivity contribution is 5.69. The number of aromatic nitrogens is 4. The van der Waals surface area contributed by atoms with Crippen LogP contribution in [0.5, 0.6) is 0 Å². The maximum absolute atomic E-state index is 11.8. The number of H-pyrrole nitrogens is 1. The number of rotatable bonds is 4. The van der Waals surface area contributed by atoms with Gasteiger partial charge < -0.3 is 35.6 Å². The molecular formula is C13H17N5O7. The highest BCUT2D eigenvalue weighted by atomic mass is 16.7. The maximum atomic E-state index is 11.8. The molecule has 1 saturated heterocycles. The molecule has 0 radical (unpaired) electrons. The summed E-state index contributed by atoms with van der Waals surface area (Å²) in [6.45, 7) is -0.779. The number of aliphatic hydroxyl groups excluding tert-OH is 4. The molecule has 2 aromatic rings. The van der Waals surface area contributed by atoms with E-state index >= 15 is 0 Å². The van der Waals surface area contributed by atoms with Crippen molar-refractivity contribution in [1.29, 1.82) is 0 Å². The second-order valence-electron chi connectivity index (χ2n) is 5.49. The summed E-state index contributed by atoms with van der Waals surface area (Å²) in [6, 6.07) is 0. The largest absolute Gasteiger partial charge is 0.394 e. The molecule has 0 amide bonds. The summed E-state index contributed by atoms with van der Waals surface area (Å²) in [7, 11) is 0. The number of nitrogens with zero attached hydrogens (tertiary/aromatic N) is 3. The molecule has 5 atom stereocenters. The van der Waals surface area contributed by atoms with E-state index in [2.05, 4.69) is 19.9 Å². The standard InChI is InChI=1S/C13H17N5O7/c14-13-17-10-6(11(23)18-13)16-4(1-15-10)3-24-12-9(22)8(21)7(20)5(2-19)25-12/h1,5,7-9,12,19-22H,2-3H2,(H3,14,15,17,18,23)/t5-,7-,8+,9-,12-/m1/s1. The lowest BCUT2D eigenvalue weighted by Gasteiger charge is -2.39. The highest BCUT2D eigenvalue weighted by Gasteiger charge is 2.44. The number of nitrogen functional groups attached to an aromatic ring is 1. The van der Waals surface area contributed by atoms with Gasteiger partial charge in [-0.3, -0.25) is 9.78 Å². The fourth-order valence-electron chi connectivity index (χ4n) is 2.41. The summed E-state index contributed by atoms with van der Waals surface area (Å²) in [4.78, 5) is 25.9. The second-order valence-corrected chi connectivity index (χ2v) is 5.49. The molecule has 0 spiro atoms. The van der Waals surface area contributed by atoms with Gasteiger partial charge in [-0.25, -0.2) is 9.97 Å². The Balaban J connectivity index is 1.75. The number of aromatic amines is 1. The smallest absolute Gasteiger partial charge is 0.280 e. The molecule has 1 fully saturated rings. The van der Waals surface area contributed by atoms with Gasteiger partial charge in [0.15, 0.2) is 17.5 Å². The zero-order valence-electron chi connectivity index (χ0n) is 12.8. The van der Waals surface area contributed by atoms with E-state index in [-0.39, 0.29) is 29.4 Å². The molecule has 0 aliphatic carbocycles. The lowest BCUT2D eigenvalue weighted by molar-refractivity contribution is -0.304. The van der Waals surface area contributed by atoms with Crippen LogP contribution in [-0.2, 0) is 16.1 Å². The van der Waals surface area contributed by atoms with Gasteiger partial charge in [0.1, 0.15) is 24.4 Å². The quantitative estimate of drug-likeness (QED) is 0.320. The van der Waals surface area contributed by atoms with Crippen LogP contribution in [0.2, 0.25) is 0 Å². The SMILES string of the molecule is Nc1nc2ncc(CO[C@@H]3O[C@H](CO)[C@@H](O)[C@H](O)[C@H]3O)nc2c(=O)[nH]1. The summed E-state index contributed by atoms with van der Waals surface area (Å²) in [6.07, 6.45) is -5.64. The Bertz CT molecular complexity index is 813. The van der Waals surface area contributed by atoms with Crippen molar-refractivity contribution in [3.05, 3.63) is 22.2 Å². The molecule has 136 valence electrons. The molecule has 1 aliphatic rings. The predicted molar refractivity (Wildman–Crippen MR) is 80.9 cm³/mol. The van der Waals surface area contributed by atoms with Gasteiger partial charge in [-0.2, -0.15) is 4.98 Å². The van der Waals surface area contributed by atoms with E-state index in [0.29, 0.717) is 0 Å². The van der Waals surface area contributed by atoms with Gasteiger partial charge in [0, 0.05) is 0 Å². The molecule has 12 heteroatoms. The molecule has 3 rings (SSSR count). The van der Waals surface area contributed by atoms with E-state index in [1.807, 2.05) is 0 Å². The van der Waals surface area contributed by atoms with Gasteiger partial charge in [0.25, 0.3) is 5.56 Å². The molecule has 3 heterocycles. The number of anilines is 1. The monoisotopic (exact) mass is 355 g/mol. The lowest BCUT2D eigenvalue weighted by Crippen LogP contribution is -2.59. The third-order valence-corrected chi connectivity index (χ3v) is 3.73. The third-order valence-electron chi connectivity index (χ3n) is 3.73. The van der Waals surface area contributed by atoms with Crippen LogP contribution in [0, 0.1) is 0 Å². The van der Waals surface area contributed by atoms with Crippen molar-refractivity contribution in [3.8, 4) is 0 Å². The summed E-state index contributed by atoms with van der Waals surface area (Å²) in [5, 5.41) is 38.4. The summed E-state index contributed by atoms with van der Waals surface area (Å²) >= 11 is 0. The molecule has 12 nitrogen and oxygen atoms in total. The maximum Gasteiger partial charge on any atom is 0.280 e. The fourth-order valence-corrected chi connectivity index (χ4v) is 2.41. The van der Waals surface area contributed by atoms with Gasteiger partial charge in [-0.1, -0.05) is 0 Å². The van der Waals surface area contributed by atoms with Crippen molar-refractivity contribution in [2.45, 2.75) is 37.3 Å². The van der Waals surface area contributed by atoms with E-state index in [1.54, 1.807) is 0 Å². The predicted octanol–water partition coefficient (Wildman–Crippen LogP) is -3.39. The highest BCUT2D eigenvalue weighted by Crippen LogP contribution is 2.22. The van der Waals surface area contributed by atoms with Crippen molar-refractivity contribution in [1.82, 2.24) is 19.9 Å². The number of aliphatic hydroxyl groups is 4. The number of fused-ring (bicyclic) bond motifs is 1. The van der Waals surface area contributed by atoms with Gasteiger partial charge in [-0.15, -0.1) is 0 Å². The Hall–Kier alpha value is -2.22. The topological polar surface area (TPSA) is 197 Å². The van der Waals surface area contributed by atoms with E-state index in [4.69, 9.17) is 20.3 Å². The van der Waals surface area contributed by atoms with Crippen molar-refractivity contribution in [2.75, 3.05) is 12.3 Å². The van der Waals surface area contributed by atoms with Crippen LogP contribution < -0.4 is 11.3 Å². The van der Waals surface area contributed by atoms with Gasteiger partial charge >= 0.3 is 0 Å². The van der Waals surface area contributed by atoms with E-state index in [1.165, 1.54) is 6.20 Å². The minimum absolute atomic E-state index is 0.0379. The van der Waals surface area contributed by atoms with Crippen molar-refractivity contribution >= 4 is 17.1 Å². The Kier molecular flexibility index (Phi) is 4.89. The molecule has 0 saturated carbocycles. The van der Waals surface area contributed by atoms with E-state index < -0.39 is 42.9 Å². The molecule has 0 aromatic carbocycles. The summed E-state index contributed by atoms with van der Waals surface area (Å²) in [5.74, 6) is -0.0860. The normalized spacial score (nSPS) is 29.8. The molecule has 25 heavy (non-hydrogen) atoms. The number of ether oxygens (including phenoxy) is 2. The first-order valence-electron chi connectivity index (χ1n) is 7.34. The van der Waals surface area contributed by atoms with Crippen molar-refractivity contribution in [3.63, 3.8) is 0 Å². The van der Waals surface area contributed by atoms with Crippen LogP contribution in [0.1, 0.15) is 5.69 Å². The number of nitrogens with one attached hydrogen (secondary N) is 1. The summed E-state index contributed by atoms with van der Waals surface area (Å²) < 4.78 is 10.5. The zero-order valence-corrected chi connectivity index (χ0v) is 12.8. The van der Waals surface area contributed by atoms with Crippen molar-refractivity contribution < 1.29 is 29.9 Å². The van der Waals surface area contributed by atoms with Crippen LogP contribution >= 0.6 is 0 Å². The average molecular weight is 355 g/mol. The Morgan fingerprint density at radius 1 is 1.24 bits per heavy atom. The van der Waals surface area contributed by atoms with Crippen LogP contribution in [0.3, 0.4) is 0 Å². The zero-order chi connectivity index (χ0) is 18.1. The minimum atomic E-state index is -1.55. The number of nitrogens with two attached hydrogens (primary N) is 1. The second kappa shape index (κ2) is 6.95. The van der Waals surface area contributed by atoms with E-state index in [0.717, 1.165) is 0 Å². The Morgan fingerprint density at radius 2 is 2.00 bits per heavy atom.